The van der Waals surface area contributed by atoms with Crippen LogP contribution < -0.4 is 5.32 Å². The molecule has 1 fully saturated rings. The van der Waals surface area contributed by atoms with Gasteiger partial charge in [-0.1, -0.05) is 43.2 Å². The molecule has 1 aliphatic carbocycles. The molecule has 0 saturated carbocycles. The Morgan fingerprint density at radius 3 is 2.41 bits per heavy atom. The van der Waals surface area contributed by atoms with Gasteiger partial charge in [-0.3, -0.25) is 9.59 Å². The number of rotatable bonds is 3. The second-order valence-corrected chi connectivity index (χ2v) is 9.30. The number of hydrogen-bond acceptors (Lipinski definition) is 4. The van der Waals surface area contributed by atoms with Crippen LogP contribution in [0.3, 0.4) is 0 Å². The number of thiazole rings is 1. The smallest absolute Gasteiger partial charge is 0.236 e. The molecule has 0 unspecified atom stereocenters. The molecule has 1 aromatic carbocycles. The Labute approximate surface area is 176 Å². The summed E-state index contributed by atoms with van der Waals surface area (Å²) in [5.41, 5.74) is 1.58. The van der Waals surface area contributed by atoms with Gasteiger partial charge in [0.1, 0.15) is 0 Å². The van der Waals surface area contributed by atoms with E-state index in [9.17, 15) is 9.59 Å². The molecule has 29 heavy (non-hydrogen) atoms. The van der Waals surface area contributed by atoms with E-state index in [0.717, 1.165) is 23.5 Å². The third-order valence-corrected chi connectivity index (χ3v) is 7.46. The number of nitrogens with zero attached hydrogens (tertiary/aromatic N) is 2. The lowest BCUT2D eigenvalue weighted by Gasteiger charge is -2.40. The summed E-state index contributed by atoms with van der Waals surface area (Å²) in [5.74, 6) is 0.0837. The Morgan fingerprint density at radius 2 is 1.72 bits per heavy atom. The first-order valence-electron chi connectivity index (χ1n) is 10.7. The molecule has 6 heteroatoms. The van der Waals surface area contributed by atoms with E-state index in [4.69, 9.17) is 4.98 Å². The minimum Gasteiger partial charge on any atom is -0.343 e. The minimum atomic E-state index is -0.618. The number of carbonyl (C=O) groups excluding carboxylic acids is 2. The highest BCUT2D eigenvalue weighted by Gasteiger charge is 2.43. The lowest BCUT2D eigenvalue weighted by molar-refractivity contribution is -0.133. The molecular formula is C23H29N3O2S. The molecule has 1 aliphatic heterocycles. The van der Waals surface area contributed by atoms with Gasteiger partial charge in [0, 0.05) is 24.9 Å². The Balaban J connectivity index is 1.58. The summed E-state index contributed by atoms with van der Waals surface area (Å²) in [7, 11) is 0. The van der Waals surface area contributed by atoms with Crippen LogP contribution >= 0.6 is 11.3 Å². The summed E-state index contributed by atoms with van der Waals surface area (Å²) in [5, 5.41) is 3.89. The molecule has 4 rings (SSSR count). The maximum atomic E-state index is 13.6. The van der Waals surface area contributed by atoms with Gasteiger partial charge in [-0.15, -0.1) is 11.3 Å². The highest BCUT2D eigenvalue weighted by molar-refractivity contribution is 7.15. The fraction of sp³-hybridized carbons (Fsp3) is 0.522. The molecule has 0 radical (unpaired) electrons. The van der Waals surface area contributed by atoms with Crippen LogP contribution in [0, 0.1) is 0 Å². The third-order valence-electron chi connectivity index (χ3n) is 6.39. The zero-order valence-electron chi connectivity index (χ0n) is 17.1. The molecule has 154 valence electrons. The molecule has 2 heterocycles. The van der Waals surface area contributed by atoms with Crippen molar-refractivity contribution in [2.75, 3.05) is 18.4 Å². The molecule has 1 aromatic heterocycles. The van der Waals surface area contributed by atoms with Crippen molar-refractivity contribution in [1.29, 1.82) is 0 Å². The first-order chi connectivity index (χ1) is 14.1. The molecule has 1 saturated heterocycles. The molecule has 0 bridgehead atoms. The molecule has 5 nitrogen and oxygen atoms in total. The lowest BCUT2D eigenvalue weighted by Crippen LogP contribution is -2.50. The third kappa shape index (κ3) is 4.22. The number of aromatic nitrogens is 1. The van der Waals surface area contributed by atoms with Gasteiger partial charge >= 0.3 is 0 Å². The van der Waals surface area contributed by atoms with E-state index in [1.165, 1.54) is 36.3 Å². The van der Waals surface area contributed by atoms with Crippen LogP contribution in [0.4, 0.5) is 5.13 Å². The number of fused-ring (bicyclic) bond motifs is 1. The summed E-state index contributed by atoms with van der Waals surface area (Å²) < 4.78 is 0. The zero-order chi connectivity index (χ0) is 20.3. The van der Waals surface area contributed by atoms with Crippen molar-refractivity contribution < 1.29 is 9.59 Å². The molecule has 2 amide bonds. The van der Waals surface area contributed by atoms with E-state index >= 15 is 0 Å². The van der Waals surface area contributed by atoms with E-state index < -0.39 is 5.41 Å². The summed E-state index contributed by atoms with van der Waals surface area (Å²) in [6, 6.07) is 10.0. The van der Waals surface area contributed by atoms with Gasteiger partial charge in [-0.25, -0.2) is 4.98 Å². The highest BCUT2D eigenvalue weighted by Crippen LogP contribution is 2.38. The quantitative estimate of drug-likeness (QED) is 0.818. The Kier molecular flexibility index (Phi) is 5.99. The number of nitrogens with one attached hydrogen (secondary N) is 1. The van der Waals surface area contributed by atoms with E-state index in [2.05, 4.69) is 5.32 Å². The van der Waals surface area contributed by atoms with Gasteiger partial charge in [0.05, 0.1) is 11.1 Å². The SMILES string of the molecule is CC(=O)N1CCC(C(=O)Nc2nc3c(s2)CCCCCC3)(c2ccccc2)CC1. The Morgan fingerprint density at radius 1 is 1.03 bits per heavy atom. The lowest BCUT2D eigenvalue weighted by atomic mass is 9.72. The van der Waals surface area contributed by atoms with Gasteiger partial charge in [0.15, 0.2) is 5.13 Å². The fourth-order valence-electron chi connectivity index (χ4n) is 4.58. The van der Waals surface area contributed by atoms with Crippen molar-refractivity contribution in [1.82, 2.24) is 9.88 Å². The van der Waals surface area contributed by atoms with Crippen molar-refractivity contribution >= 4 is 28.3 Å². The molecule has 2 aromatic rings. The number of likely N-dealkylation sites (tertiary alicyclic amines) is 1. The average Bonchev–Trinajstić information content (AvgIpc) is 3.09. The summed E-state index contributed by atoms with van der Waals surface area (Å²) in [6.45, 7) is 2.80. The van der Waals surface area contributed by atoms with Crippen molar-refractivity contribution in [3.63, 3.8) is 0 Å². The van der Waals surface area contributed by atoms with Gasteiger partial charge < -0.3 is 10.2 Å². The van der Waals surface area contributed by atoms with Crippen LogP contribution in [0.25, 0.3) is 0 Å². The van der Waals surface area contributed by atoms with E-state index in [1.54, 1.807) is 18.3 Å². The number of piperidine rings is 1. The number of benzene rings is 1. The van der Waals surface area contributed by atoms with Gasteiger partial charge in [0.25, 0.3) is 0 Å². The van der Waals surface area contributed by atoms with E-state index in [-0.39, 0.29) is 11.8 Å². The van der Waals surface area contributed by atoms with Crippen LogP contribution in [0.15, 0.2) is 30.3 Å². The van der Waals surface area contributed by atoms with Crippen molar-refractivity contribution in [2.45, 2.75) is 63.7 Å². The van der Waals surface area contributed by atoms with Crippen LogP contribution in [0.1, 0.15) is 61.6 Å². The predicted molar refractivity (Wildman–Crippen MR) is 116 cm³/mol. The average molecular weight is 412 g/mol. The molecular weight excluding hydrogens is 382 g/mol. The van der Waals surface area contributed by atoms with Crippen LogP contribution in [0.5, 0.6) is 0 Å². The standard InChI is InChI=1S/C23H29N3O2S/c1-17(27)26-15-13-23(14-16-26,18-9-5-4-6-10-18)21(28)25-22-24-19-11-7-2-3-8-12-20(19)29-22/h4-6,9-10H,2-3,7-8,11-16H2,1H3,(H,24,25,28). The Hall–Kier alpha value is -2.21. The summed E-state index contributed by atoms with van der Waals surface area (Å²) in [4.78, 5) is 33.3. The van der Waals surface area contributed by atoms with Crippen molar-refractivity contribution in [3.05, 3.63) is 46.5 Å². The van der Waals surface area contributed by atoms with E-state index in [1.807, 2.05) is 35.2 Å². The number of carbonyl (C=O) groups is 2. The second-order valence-electron chi connectivity index (χ2n) is 8.21. The van der Waals surface area contributed by atoms with Crippen molar-refractivity contribution in [2.24, 2.45) is 0 Å². The normalized spacial score (nSPS) is 19.0. The fourth-order valence-corrected chi connectivity index (χ4v) is 5.63. The highest BCUT2D eigenvalue weighted by atomic mass is 32.1. The maximum absolute atomic E-state index is 13.6. The maximum Gasteiger partial charge on any atom is 0.236 e. The first-order valence-corrected chi connectivity index (χ1v) is 11.5. The molecule has 2 aliphatic rings. The number of amides is 2. The minimum absolute atomic E-state index is 0.00799. The predicted octanol–water partition coefficient (Wildman–Crippen LogP) is 4.32. The number of anilines is 1. The summed E-state index contributed by atoms with van der Waals surface area (Å²) >= 11 is 1.64. The zero-order valence-corrected chi connectivity index (χ0v) is 17.9. The summed E-state index contributed by atoms with van der Waals surface area (Å²) in [6.07, 6.45) is 8.28. The van der Waals surface area contributed by atoms with Crippen LogP contribution in [0.2, 0.25) is 0 Å². The Bertz CT molecular complexity index is 844. The molecule has 1 N–H and O–H groups in total. The van der Waals surface area contributed by atoms with Gasteiger partial charge in [-0.05, 0) is 44.1 Å². The van der Waals surface area contributed by atoms with Crippen LogP contribution in [-0.4, -0.2) is 34.8 Å². The number of aryl methyl sites for hydroxylation is 2. The topological polar surface area (TPSA) is 62.3 Å². The first kappa shape index (κ1) is 20.1. The van der Waals surface area contributed by atoms with Gasteiger partial charge in [0.2, 0.25) is 11.8 Å². The van der Waals surface area contributed by atoms with Crippen LogP contribution in [-0.2, 0) is 27.8 Å². The number of hydrogen-bond donors (Lipinski definition) is 1. The van der Waals surface area contributed by atoms with E-state index in [0.29, 0.717) is 25.9 Å². The monoisotopic (exact) mass is 411 g/mol. The largest absolute Gasteiger partial charge is 0.343 e. The molecule has 0 atom stereocenters. The molecule has 0 spiro atoms. The van der Waals surface area contributed by atoms with Gasteiger partial charge in [-0.2, -0.15) is 0 Å². The second kappa shape index (κ2) is 8.66. The van der Waals surface area contributed by atoms with Crippen molar-refractivity contribution in [3.8, 4) is 0 Å².